The third-order valence-corrected chi connectivity index (χ3v) is 3.11. The predicted molar refractivity (Wildman–Crippen MR) is 64.5 cm³/mol. The molecular weight excluding hydrogens is 200 g/mol. The third-order valence-electron chi connectivity index (χ3n) is 3.11. The second-order valence-corrected chi connectivity index (χ2v) is 4.21. The quantitative estimate of drug-likeness (QED) is 0.711. The number of amides is 1. The zero-order valence-corrected chi connectivity index (χ0v) is 9.86. The van der Waals surface area contributed by atoms with E-state index in [0.29, 0.717) is 0 Å². The molecule has 0 bridgehead atoms. The summed E-state index contributed by atoms with van der Waals surface area (Å²) in [6.45, 7) is 7.23. The van der Waals surface area contributed by atoms with Gasteiger partial charge in [0.15, 0.2) is 0 Å². The molecule has 1 aromatic carbocycles. The largest absolute Gasteiger partial charge is 0.368 e. The topological polar surface area (TPSA) is 23.6 Å². The van der Waals surface area contributed by atoms with E-state index in [1.165, 1.54) is 11.3 Å². The maximum atomic E-state index is 11.2. The summed E-state index contributed by atoms with van der Waals surface area (Å²) in [6, 6.07) is 9.12. The number of aryl methyl sites for hydroxylation is 1. The molecule has 1 aliphatic heterocycles. The van der Waals surface area contributed by atoms with E-state index in [4.69, 9.17) is 0 Å². The van der Waals surface area contributed by atoms with Crippen molar-refractivity contribution >= 4 is 11.6 Å². The van der Waals surface area contributed by atoms with Gasteiger partial charge in [0.2, 0.25) is 5.91 Å². The molecule has 1 fully saturated rings. The molecular formula is C13H17N2O. The van der Waals surface area contributed by atoms with Crippen LogP contribution in [0.3, 0.4) is 0 Å². The van der Waals surface area contributed by atoms with Crippen molar-refractivity contribution in [2.45, 2.75) is 13.8 Å². The van der Waals surface area contributed by atoms with Gasteiger partial charge in [-0.05, 0) is 30.7 Å². The van der Waals surface area contributed by atoms with Crippen LogP contribution >= 0.6 is 0 Å². The maximum absolute atomic E-state index is 11.2. The smallest absolute Gasteiger partial charge is 0.219 e. The Bertz CT molecular complexity index is 381. The molecule has 3 heteroatoms. The van der Waals surface area contributed by atoms with Gasteiger partial charge in [-0.25, -0.2) is 0 Å². The molecule has 1 aliphatic rings. The van der Waals surface area contributed by atoms with Crippen LogP contribution in [0.1, 0.15) is 12.5 Å². The highest BCUT2D eigenvalue weighted by atomic mass is 16.2. The SMILES string of the molecule is CC(=O)N1CCN(c2cc[c]cc2C)CC1. The van der Waals surface area contributed by atoms with Gasteiger partial charge in [0.1, 0.15) is 0 Å². The molecule has 0 saturated carbocycles. The molecule has 3 nitrogen and oxygen atoms in total. The van der Waals surface area contributed by atoms with E-state index in [2.05, 4.69) is 24.0 Å². The summed E-state index contributed by atoms with van der Waals surface area (Å²) in [5.74, 6) is 0.178. The first kappa shape index (κ1) is 11.0. The van der Waals surface area contributed by atoms with E-state index in [9.17, 15) is 4.79 Å². The molecule has 1 heterocycles. The summed E-state index contributed by atoms with van der Waals surface area (Å²) in [7, 11) is 0. The van der Waals surface area contributed by atoms with Gasteiger partial charge in [-0.2, -0.15) is 0 Å². The second kappa shape index (κ2) is 4.56. The van der Waals surface area contributed by atoms with Crippen molar-refractivity contribution in [3.8, 4) is 0 Å². The van der Waals surface area contributed by atoms with Crippen molar-refractivity contribution in [1.29, 1.82) is 0 Å². The van der Waals surface area contributed by atoms with Crippen LogP contribution < -0.4 is 4.90 Å². The molecule has 1 aromatic rings. The Balaban J connectivity index is 2.05. The first-order valence-corrected chi connectivity index (χ1v) is 5.65. The first-order chi connectivity index (χ1) is 7.68. The molecule has 0 spiro atoms. The van der Waals surface area contributed by atoms with Crippen LogP contribution in [0, 0.1) is 13.0 Å². The number of carbonyl (C=O) groups is 1. The molecule has 0 unspecified atom stereocenters. The van der Waals surface area contributed by atoms with Crippen molar-refractivity contribution in [1.82, 2.24) is 4.90 Å². The number of rotatable bonds is 1. The number of hydrogen-bond donors (Lipinski definition) is 0. The predicted octanol–water partition coefficient (Wildman–Crippen LogP) is 1.46. The zero-order chi connectivity index (χ0) is 11.5. The van der Waals surface area contributed by atoms with Crippen LogP contribution in [0.5, 0.6) is 0 Å². The highest BCUT2D eigenvalue weighted by Crippen LogP contribution is 2.20. The van der Waals surface area contributed by atoms with Crippen LogP contribution in [-0.4, -0.2) is 37.0 Å². The molecule has 2 rings (SSSR count). The Labute approximate surface area is 96.7 Å². The average Bonchev–Trinajstić information content (AvgIpc) is 2.30. The molecule has 1 amide bonds. The Morgan fingerprint density at radius 3 is 2.56 bits per heavy atom. The third kappa shape index (κ3) is 2.18. The summed E-state index contributed by atoms with van der Waals surface area (Å²) in [6.07, 6.45) is 0. The van der Waals surface area contributed by atoms with Gasteiger partial charge in [-0.1, -0.05) is 6.07 Å². The van der Waals surface area contributed by atoms with Gasteiger partial charge in [-0.15, -0.1) is 0 Å². The van der Waals surface area contributed by atoms with Crippen molar-refractivity contribution in [3.05, 3.63) is 29.8 Å². The minimum Gasteiger partial charge on any atom is -0.368 e. The Hall–Kier alpha value is -1.51. The first-order valence-electron chi connectivity index (χ1n) is 5.65. The van der Waals surface area contributed by atoms with Crippen molar-refractivity contribution in [3.63, 3.8) is 0 Å². The van der Waals surface area contributed by atoms with Crippen molar-refractivity contribution < 1.29 is 4.79 Å². The summed E-state index contributed by atoms with van der Waals surface area (Å²) in [5, 5.41) is 0. The van der Waals surface area contributed by atoms with E-state index in [-0.39, 0.29) is 5.91 Å². The van der Waals surface area contributed by atoms with Gasteiger partial charge in [0.25, 0.3) is 0 Å². The molecule has 0 N–H and O–H groups in total. The normalized spacial score (nSPS) is 16.4. The molecule has 85 valence electrons. The van der Waals surface area contributed by atoms with Crippen LogP contribution in [0.15, 0.2) is 18.2 Å². The van der Waals surface area contributed by atoms with Crippen LogP contribution in [0.4, 0.5) is 5.69 Å². The lowest BCUT2D eigenvalue weighted by Crippen LogP contribution is -2.48. The summed E-state index contributed by atoms with van der Waals surface area (Å²) in [5.41, 5.74) is 2.51. The molecule has 1 saturated heterocycles. The number of benzene rings is 1. The lowest BCUT2D eigenvalue weighted by molar-refractivity contribution is -0.129. The fourth-order valence-electron chi connectivity index (χ4n) is 2.12. The minimum atomic E-state index is 0.178. The average molecular weight is 217 g/mol. The zero-order valence-electron chi connectivity index (χ0n) is 9.86. The Morgan fingerprint density at radius 2 is 2.00 bits per heavy atom. The number of anilines is 1. The molecule has 1 radical (unpaired) electrons. The van der Waals surface area contributed by atoms with E-state index in [1.807, 2.05) is 17.0 Å². The molecule has 0 aromatic heterocycles. The van der Waals surface area contributed by atoms with Gasteiger partial charge < -0.3 is 9.80 Å². The lowest BCUT2D eigenvalue weighted by atomic mass is 10.1. The van der Waals surface area contributed by atoms with E-state index < -0.39 is 0 Å². The number of nitrogens with zero attached hydrogens (tertiary/aromatic N) is 2. The summed E-state index contributed by atoms with van der Waals surface area (Å²) in [4.78, 5) is 15.5. The van der Waals surface area contributed by atoms with Gasteiger partial charge in [-0.3, -0.25) is 4.79 Å². The number of piperazine rings is 1. The monoisotopic (exact) mass is 217 g/mol. The highest BCUT2D eigenvalue weighted by molar-refractivity contribution is 5.73. The fourth-order valence-corrected chi connectivity index (χ4v) is 2.12. The van der Waals surface area contributed by atoms with E-state index in [0.717, 1.165) is 26.2 Å². The van der Waals surface area contributed by atoms with Crippen LogP contribution in [-0.2, 0) is 4.79 Å². The maximum Gasteiger partial charge on any atom is 0.219 e. The molecule has 16 heavy (non-hydrogen) atoms. The lowest BCUT2D eigenvalue weighted by Gasteiger charge is -2.36. The second-order valence-electron chi connectivity index (χ2n) is 4.21. The molecule has 0 aliphatic carbocycles. The summed E-state index contributed by atoms with van der Waals surface area (Å²) < 4.78 is 0. The Morgan fingerprint density at radius 1 is 1.31 bits per heavy atom. The van der Waals surface area contributed by atoms with Gasteiger partial charge in [0.05, 0.1) is 0 Å². The van der Waals surface area contributed by atoms with Gasteiger partial charge >= 0.3 is 0 Å². The highest BCUT2D eigenvalue weighted by Gasteiger charge is 2.19. The van der Waals surface area contributed by atoms with Crippen LogP contribution in [0.25, 0.3) is 0 Å². The number of hydrogen-bond acceptors (Lipinski definition) is 2. The standard InChI is InChI=1S/C13H17N2O/c1-11-5-3-4-6-13(11)15-9-7-14(8-10-15)12(2)16/h4-6H,7-10H2,1-2H3. The van der Waals surface area contributed by atoms with Gasteiger partial charge in [0, 0.05) is 38.8 Å². The van der Waals surface area contributed by atoms with E-state index in [1.54, 1.807) is 6.92 Å². The summed E-state index contributed by atoms with van der Waals surface area (Å²) >= 11 is 0. The molecule has 0 atom stereocenters. The van der Waals surface area contributed by atoms with E-state index >= 15 is 0 Å². The van der Waals surface area contributed by atoms with Crippen molar-refractivity contribution in [2.75, 3.05) is 31.1 Å². The number of carbonyl (C=O) groups excluding carboxylic acids is 1. The Kier molecular flexibility index (Phi) is 3.13. The minimum absolute atomic E-state index is 0.178. The van der Waals surface area contributed by atoms with Crippen molar-refractivity contribution in [2.24, 2.45) is 0 Å². The van der Waals surface area contributed by atoms with Crippen LogP contribution in [0.2, 0.25) is 0 Å². The fraction of sp³-hybridized carbons (Fsp3) is 0.462.